The molecule has 3 heterocycles. The van der Waals surface area contributed by atoms with E-state index in [0.717, 1.165) is 24.5 Å². The van der Waals surface area contributed by atoms with Gasteiger partial charge in [-0.15, -0.1) is 0 Å². The number of nitrogens with one attached hydrogen (secondary N) is 1. The second-order valence-electron chi connectivity index (χ2n) is 6.70. The molecular formula is C21H23N5O3. The number of carbonyl (C=O) groups is 1. The van der Waals surface area contributed by atoms with Gasteiger partial charge in [0.05, 0.1) is 19.9 Å². The van der Waals surface area contributed by atoms with Crippen molar-refractivity contribution in [3.8, 4) is 22.8 Å². The summed E-state index contributed by atoms with van der Waals surface area (Å²) in [5, 5.41) is 7.19. The van der Waals surface area contributed by atoms with Crippen LogP contribution in [0.3, 0.4) is 0 Å². The Hall–Kier alpha value is -3.55. The second-order valence-corrected chi connectivity index (χ2v) is 6.70. The fraction of sp³-hybridized carbons (Fsp3) is 0.286. The van der Waals surface area contributed by atoms with E-state index in [9.17, 15) is 4.79 Å². The van der Waals surface area contributed by atoms with Crippen LogP contribution >= 0.6 is 0 Å². The third-order valence-electron chi connectivity index (χ3n) is 5.03. The van der Waals surface area contributed by atoms with E-state index in [1.54, 1.807) is 32.5 Å². The van der Waals surface area contributed by atoms with Gasteiger partial charge in [-0.3, -0.25) is 9.89 Å². The third-order valence-corrected chi connectivity index (χ3v) is 5.03. The number of aromatic nitrogens is 3. The van der Waals surface area contributed by atoms with Gasteiger partial charge in [-0.05, 0) is 30.3 Å². The van der Waals surface area contributed by atoms with Crippen LogP contribution in [-0.4, -0.2) is 66.4 Å². The molecule has 29 heavy (non-hydrogen) atoms. The number of aromatic amines is 1. The molecule has 0 unspecified atom stereocenters. The monoisotopic (exact) mass is 393 g/mol. The number of nitrogens with zero attached hydrogens (tertiary/aromatic N) is 4. The summed E-state index contributed by atoms with van der Waals surface area (Å²) in [6.45, 7) is 2.76. The van der Waals surface area contributed by atoms with Crippen molar-refractivity contribution < 1.29 is 14.3 Å². The summed E-state index contributed by atoms with van der Waals surface area (Å²) < 4.78 is 10.7. The Balaban J connectivity index is 1.46. The lowest BCUT2D eigenvalue weighted by Gasteiger charge is -2.35. The molecule has 1 aromatic carbocycles. The zero-order valence-electron chi connectivity index (χ0n) is 16.5. The van der Waals surface area contributed by atoms with E-state index in [0.29, 0.717) is 36.0 Å². The van der Waals surface area contributed by atoms with Crippen LogP contribution in [0.2, 0.25) is 0 Å². The number of carbonyl (C=O) groups excluding carboxylic acids is 1. The quantitative estimate of drug-likeness (QED) is 0.717. The van der Waals surface area contributed by atoms with Gasteiger partial charge in [0.15, 0.2) is 0 Å². The number of piperazine rings is 1. The molecule has 3 aromatic rings. The molecule has 0 atom stereocenters. The molecule has 0 saturated carbocycles. The van der Waals surface area contributed by atoms with Gasteiger partial charge in [-0.25, -0.2) is 4.98 Å². The van der Waals surface area contributed by atoms with Gasteiger partial charge in [-0.2, -0.15) is 5.10 Å². The van der Waals surface area contributed by atoms with Crippen molar-refractivity contribution in [3.05, 3.63) is 54.4 Å². The van der Waals surface area contributed by atoms with Gasteiger partial charge >= 0.3 is 0 Å². The predicted molar refractivity (Wildman–Crippen MR) is 109 cm³/mol. The Morgan fingerprint density at radius 3 is 2.55 bits per heavy atom. The smallest absolute Gasteiger partial charge is 0.272 e. The summed E-state index contributed by atoms with van der Waals surface area (Å²) in [4.78, 5) is 21.3. The lowest BCUT2D eigenvalue weighted by Crippen LogP contribution is -2.49. The van der Waals surface area contributed by atoms with E-state index in [4.69, 9.17) is 9.47 Å². The Morgan fingerprint density at radius 2 is 1.86 bits per heavy atom. The molecule has 0 spiro atoms. The minimum Gasteiger partial charge on any atom is -0.497 e. The highest BCUT2D eigenvalue weighted by Gasteiger charge is 2.24. The average molecular weight is 393 g/mol. The summed E-state index contributed by atoms with van der Waals surface area (Å²) in [7, 11) is 3.20. The normalized spacial score (nSPS) is 14.0. The first kappa shape index (κ1) is 18.8. The van der Waals surface area contributed by atoms with E-state index in [1.165, 1.54) is 0 Å². The van der Waals surface area contributed by atoms with Gasteiger partial charge in [0.25, 0.3) is 5.91 Å². The number of methoxy groups -OCH3 is 2. The van der Waals surface area contributed by atoms with E-state index in [1.807, 2.05) is 35.2 Å². The van der Waals surface area contributed by atoms with Crippen molar-refractivity contribution in [2.24, 2.45) is 0 Å². The average Bonchev–Trinajstić information content (AvgIpc) is 3.29. The molecule has 1 aliphatic rings. The van der Waals surface area contributed by atoms with E-state index < -0.39 is 0 Å². The molecule has 2 aromatic heterocycles. The van der Waals surface area contributed by atoms with Crippen LogP contribution in [0.1, 0.15) is 10.5 Å². The van der Waals surface area contributed by atoms with Crippen molar-refractivity contribution >= 4 is 11.7 Å². The first-order valence-electron chi connectivity index (χ1n) is 9.42. The molecule has 0 aliphatic carbocycles. The number of hydrogen-bond acceptors (Lipinski definition) is 6. The van der Waals surface area contributed by atoms with E-state index in [-0.39, 0.29) is 5.91 Å². The zero-order valence-corrected chi connectivity index (χ0v) is 16.5. The molecule has 1 N–H and O–H groups in total. The lowest BCUT2D eigenvalue weighted by molar-refractivity contribution is 0.0740. The molecule has 0 bridgehead atoms. The number of anilines is 1. The maximum absolute atomic E-state index is 12.9. The van der Waals surface area contributed by atoms with Crippen molar-refractivity contribution in [2.45, 2.75) is 0 Å². The van der Waals surface area contributed by atoms with Crippen molar-refractivity contribution in [2.75, 3.05) is 45.3 Å². The maximum atomic E-state index is 12.9. The Bertz CT molecular complexity index is 981. The third kappa shape index (κ3) is 3.87. The number of hydrogen-bond donors (Lipinski definition) is 1. The molecule has 1 fully saturated rings. The van der Waals surface area contributed by atoms with Gasteiger partial charge in [-0.1, -0.05) is 6.07 Å². The van der Waals surface area contributed by atoms with Gasteiger partial charge in [0.1, 0.15) is 23.0 Å². The van der Waals surface area contributed by atoms with Crippen LogP contribution in [0.15, 0.2) is 48.7 Å². The van der Waals surface area contributed by atoms with Crippen LogP contribution in [0.4, 0.5) is 5.82 Å². The summed E-state index contributed by atoms with van der Waals surface area (Å²) in [6.07, 6.45) is 1.78. The highest BCUT2D eigenvalue weighted by Crippen LogP contribution is 2.32. The highest BCUT2D eigenvalue weighted by molar-refractivity contribution is 5.93. The van der Waals surface area contributed by atoms with Crippen LogP contribution in [-0.2, 0) is 0 Å². The highest BCUT2D eigenvalue weighted by atomic mass is 16.5. The Kier molecular flexibility index (Phi) is 5.33. The molecule has 4 rings (SSSR count). The number of H-pyrrole nitrogens is 1. The molecule has 8 nitrogen and oxygen atoms in total. The molecular weight excluding hydrogens is 370 g/mol. The Labute approximate surface area is 169 Å². The fourth-order valence-corrected chi connectivity index (χ4v) is 3.43. The van der Waals surface area contributed by atoms with Crippen LogP contribution in [0, 0.1) is 0 Å². The standard InChI is InChI=1S/C21H23N5O3/c1-28-15-6-7-16(19(13-15)29-2)17-14-18(24-23-17)21(27)26-11-9-25(10-12-26)20-5-3-4-8-22-20/h3-8,13-14H,9-12H2,1-2H3,(H,23,24). The summed E-state index contributed by atoms with van der Waals surface area (Å²) >= 11 is 0. The van der Waals surface area contributed by atoms with Crippen molar-refractivity contribution in [3.63, 3.8) is 0 Å². The van der Waals surface area contributed by atoms with Crippen molar-refractivity contribution in [1.29, 1.82) is 0 Å². The maximum Gasteiger partial charge on any atom is 0.272 e. The van der Waals surface area contributed by atoms with E-state index >= 15 is 0 Å². The van der Waals surface area contributed by atoms with Gasteiger partial charge in [0, 0.05) is 44.0 Å². The number of rotatable bonds is 5. The number of ether oxygens (including phenoxy) is 2. The largest absolute Gasteiger partial charge is 0.497 e. The first-order valence-corrected chi connectivity index (χ1v) is 9.42. The summed E-state index contributed by atoms with van der Waals surface area (Å²) in [5.74, 6) is 2.22. The minimum absolute atomic E-state index is 0.0584. The summed E-state index contributed by atoms with van der Waals surface area (Å²) in [6, 6.07) is 13.1. The first-order chi connectivity index (χ1) is 14.2. The molecule has 1 aliphatic heterocycles. The molecule has 0 radical (unpaired) electrons. The molecule has 8 heteroatoms. The zero-order chi connectivity index (χ0) is 20.2. The lowest BCUT2D eigenvalue weighted by atomic mass is 10.1. The van der Waals surface area contributed by atoms with Crippen molar-refractivity contribution in [1.82, 2.24) is 20.1 Å². The Morgan fingerprint density at radius 1 is 1.03 bits per heavy atom. The van der Waals surface area contributed by atoms with E-state index in [2.05, 4.69) is 20.1 Å². The fourth-order valence-electron chi connectivity index (χ4n) is 3.43. The van der Waals surface area contributed by atoms with Crippen LogP contribution in [0.25, 0.3) is 11.3 Å². The predicted octanol–water partition coefficient (Wildman–Crippen LogP) is 2.45. The minimum atomic E-state index is -0.0584. The number of benzene rings is 1. The number of amides is 1. The van der Waals surface area contributed by atoms with Crippen LogP contribution < -0.4 is 14.4 Å². The van der Waals surface area contributed by atoms with Crippen LogP contribution in [0.5, 0.6) is 11.5 Å². The van der Waals surface area contributed by atoms with Gasteiger partial charge < -0.3 is 19.3 Å². The molecule has 1 saturated heterocycles. The summed E-state index contributed by atoms with van der Waals surface area (Å²) in [5.41, 5.74) is 1.91. The SMILES string of the molecule is COc1ccc(-c2cc(C(=O)N3CCN(c4ccccn4)CC3)[nH]n2)c(OC)c1. The molecule has 150 valence electrons. The molecule has 1 amide bonds. The second kappa shape index (κ2) is 8.22. The topological polar surface area (TPSA) is 83.6 Å². The van der Waals surface area contributed by atoms with Gasteiger partial charge in [0.2, 0.25) is 0 Å². The number of pyridine rings is 1.